The Labute approximate surface area is 174 Å². The van der Waals surface area contributed by atoms with Crippen LogP contribution < -0.4 is 5.32 Å². The first-order chi connectivity index (χ1) is 12.0. The van der Waals surface area contributed by atoms with Crippen LogP contribution in [0.3, 0.4) is 0 Å². The average molecular weight is 474 g/mol. The van der Waals surface area contributed by atoms with E-state index in [9.17, 15) is 4.79 Å². The highest BCUT2D eigenvalue weighted by Gasteiger charge is 2.36. The number of halogens is 1. The average Bonchev–Trinajstić information content (AvgIpc) is 3.00. The van der Waals surface area contributed by atoms with Crippen molar-refractivity contribution in [3.8, 4) is 0 Å². The predicted octanol–water partition coefficient (Wildman–Crippen LogP) is 2.05. The second-order valence-electron chi connectivity index (χ2n) is 6.71. The van der Waals surface area contributed by atoms with Crippen LogP contribution in [-0.2, 0) is 16.1 Å². The molecular weight excluding hydrogens is 443 g/mol. The lowest BCUT2D eigenvalue weighted by Crippen LogP contribution is -2.43. The molecule has 1 aliphatic rings. The van der Waals surface area contributed by atoms with Gasteiger partial charge in [-0.15, -0.1) is 24.0 Å². The van der Waals surface area contributed by atoms with E-state index in [-0.39, 0.29) is 41.8 Å². The number of guanidine groups is 1. The number of hydrogen-bond acceptors (Lipinski definition) is 4. The molecule has 1 aromatic rings. The number of benzene rings is 1. The highest BCUT2D eigenvalue weighted by atomic mass is 127. The van der Waals surface area contributed by atoms with E-state index in [4.69, 9.17) is 4.74 Å². The van der Waals surface area contributed by atoms with Gasteiger partial charge in [0, 0.05) is 39.8 Å². The van der Waals surface area contributed by atoms with E-state index in [1.165, 1.54) is 12.7 Å². The maximum Gasteiger partial charge on any atom is 0.310 e. The van der Waals surface area contributed by atoms with Gasteiger partial charge in [0.05, 0.1) is 13.0 Å². The number of likely N-dealkylation sites (N-methyl/N-ethyl adjacent to an activating group) is 1. The van der Waals surface area contributed by atoms with Crippen LogP contribution in [0.2, 0.25) is 0 Å². The molecule has 146 valence electrons. The number of methoxy groups -OCH3 is 1. The van der Waals surface area contributed by atoms with Gasteiger partial charge in [-0.1, -0.05) is 37.3 Å². The first kappa shape index (κ1) is 22.7. The first-order valence-corrected chi connectivity index (χ1v) is 8.81. The zero-order valence-corrected chi connectivity index (χ0v) is 18.5. The van der Waals surface area contributed by atoms with Gasteiger partial charge in [0.2, 0.25) is 0 Å². The summed E-state index contributed by atoms with van der Waals surface area (Å²) in [6.07, 6.45) is 0. The summed E-state index contributed by atoms with van der Waals surface area (Å²) in [5, 5.41) is 3.41. The summed E-state index contributed by atoms with van der Waals surface area (Å²) in [6.45, 7) is 6.21. The van der Waals surface area contributed by atoms with Gasteiger partial charge in [-0.2, -0.15) is 0 Å². The van der Waals surface area contributed by atoms with Crippen molar-refractivity contribution in [3.05, 3.63) is 35.9 Å². The maximum atomic E-state index is 11.8. The highest BCUT2D eigenvalue weighted by Crippen LogP contribution is 2.23. The van der Waals surface area contributed by atoms with Gasteiger partial charge >= 0.3 is 5.97 Å². The van der Waals surface area contributed by atoms with E-state index in [0.717, 1.165) is 32.1 Å². The van der Waals surface area contributed by atoms with Crippen molar-refractivity contribution >= 4 is 35.9 Å². The smallest absolute Gasteiger partial charge is 0.310 e. The molecule has 1 saturated heterocycles. The molecule has 2 atom stereocenters. The molecule has 0 spiro atoms. The monoisotopic (exact) mass is 474 g/mol. The Bertz CT molecular complexity index is 582. The quantitative estimate of drug-likeness (QED) is 0.296. The minimum Gasteiger partial charge on any atom is -0.469 e. The second kappa shape index (κ2) is 11.4. The van der Waals surface area contributed by atoms with Crippen LogP contribution in [0.5, 0.6) is 0 Å². The molecule has 2 rings (SSSR count). The fourth-order valence-corrected chi connectivity index (χ4v) is 3.26. The number of ether oxygens (including phenoxy) is 1. The van der Waals surface area contributed by atoms with Gasteiger partial charge in [-0.25, -0.2) is 0 Å². The highest BCUT2D eigenvalue weighted by molar-refractivity contribution is 14.0. The summed E-state index contributed by atoms with van der Waals surface area (Å²) < 4.78 is 4.90. The number of rotatable bonds is 6. The second-order valence-corrected chi connectivity index (χ2v) is 6.71. The predicted molar refractivity (Wildman–Crippen MR) is 116 cm³/mol. The van der Waals surface area contributed by atoms with Crippen LogP contribution >= 0.6 is 24.0 Å². The van der Waals surface area contributed by atoms with Gasteiger partial charge in [-0.3, -0.25) is 9.79 Å². The Morgan fingerprint density at radius 1 is 1.35 bits per heavy atom. The Morgan fingerprint density at radius 2 is 2.04 bits per heavy atom. The van der Waals surface area contributed by atoms with Crippen molar-refractivity contribution in [2.75, 3.05) is 47.4 Å². The SMILES string of the molecule is CN=C(NCCN(C)Cc1ccccc1)N1CC(C)C(C(=O)OC)C1.I. The van der Waals surface area contributed by atoms with E-state index >= 15 is 0 Å². The van der Waals surface area contributed by atoms with Crippen molar-refractivity contribution in [1.82, 2.24) is 15.1 Å². The lowest BCUT2D eigenvalue weighted by molar-refractivity contribution is -0.145. The van der Waals surface area contributed by atoms with Gasteiger partial charge in [0.15, 0.2) is 5.96 Å². The van der Waals surface area contributed by atoms with E-state index in [0.29, 0.717) is 6.54 Å². The van der Waals surface area contributed by atoms with E-state index in [2.05, 4.69) is 58.3 Å². The Hall–Kier alpha value is -1.35. The zero-order chi connectivity index (χ0) is 18.2. The third-order valence-electron chi connectivity index (χ3n) is 4.70. The summed E-state index contributed by atoms with van der Waals surface area (Å²) in [5.74, 6) is 0.912. The fraction of sp³-hybridized carbons (Fsp3) is 0.579. The standard InChI is InChI=1S/C19H30N4O2.HI/c1-15-12-23(14-17(15)18(24)25-4)19(20-2)21-10-11-22(3)13-16-8-6-5-7-9-16;/h5-9,15,17H,10-14H2,1-4H3,(H,20,21);1H. The molecule has 0 saturated carbocycles. The van der Waals surface area contributed by atoms with Gasteiger partial charge in [0.1, 0.15) is 0 Å². The molecule has 0 amide bonds. The number of nitrogens with one attached hydrogen (secondary N) is 1. The van der Waals surface area contributed by atoms with Crippen molar-refractivity contribution in [2.45, 2.75) is 13.5 Å². The number of aliphatic imine (C=N–C) groups is 1. The number of esters is 1. The molecule has 0 bridgehead atoms. The van der Waals surface area contributed by atoms with E-state index in [1.54, 1.807) is 7.05 Å². The minimum atomic E-state index is -0.131. The van der Waals surface area contributed by atoms with Gasteiger partial charge in [-0.05, 0) is 18.5 Å². The van der Waals surface area contributed by atoms with Crippen LogP contribution in [0.15, 0.2) is 35.3 Å². The summed E-state index contributed by atoms with van der Waals surface area (Å²) >= 11 is 0. The Balaban J connectivity index is 0.00000338. The molecule has 6 nitrogen and oxygen atoms in total. The summed E-state index contributed by atoms with van der Waals surface area (Å²) in [5.41, 5.74) is 1.31. The van der Waals surface area contributed by atoms with Crippen LogP contribution in [0.1, 0.15) is 12.5 Å². The molecule has 26 heavy (non-hydrogen) atoms. The molecule has 0 aromatic heterocycles. The number of nitrogens with zero attached hydrogens (tertiary/aromatic N) is 3. The fourth-order valence-electron chi connectivity index (χ4n) is 3.26. The summed E-state index contributed by atoms with van der Waals surface area (Å²) in [4.78, 5) is 20.6. The molecule has 7 heteroatoms. The van der Waals surface area contributed by atoms with Crippen LogP contribution in [0.25, 0.3) is 0 Å². The maximum absolute atomic E-state index is 11.8. The van der Waals surface area contributed by atoms with Gasteiger partial charge < -0.3 is 19.9 Å². The van der Waals surface area contributed by atoms with Crippen LogP contribution in [0.4, 0.5) is 0 Å². The van der Waals surface area contributed by atoms with Crippen LogP contribution in [-0.4, -0.2) is 69.1 Å². The number of carbonyl (C=O) groups excluding carboxylic acids is 1. The zero-order valence-electron chi connectivity index (χ0n) is 16.1. The van der Waals surface area contributed by atoms with E-state index < -0.39 is 0 Å². The lowest BCUT2D eigenvalue weighted by Gasteiger charge is -2.23. The lowest BCUT2D eigenvalue weighted by atomic mass is 9.99. The Morgan fingerprint density at radius 3 is 2.65 bits per heavy atom. The molecule has 1 N–H and O–H groups in total. The normalized spacial score (nSPS) is 20.0. The minimum absolute atomic E-state index is 0. The summed E-state index contributed by atoms with van der Waals surface area (Å²) in [7, 11) is 5.35. The molecule has 0 aliphatic carbocycles. The van der Waals surface area contributed by atoms with E-state index in [1.807, 2.05) is 6.07 Å². The molecule has 2 unspecified atom stereocenters. The third-order valence-corrected chi connectivity index (χ3v) is 4.70. The number of carbonyl (C=O) groups is 1. The molecule has 0 radical (unpaired) electrons. The van der Waals surface area contributed by atoms with Crippen molar-refractivity contribution in [2.24, 2.45) is 16.8 Å². The van der Waals surface area contributed by atoms with Crippen molar-refractivity contribution in [1.29, 1.82) is 0 Å². The largest absolute Gasteiger partial charge is 0.469 e. The molecule has 1 fully saturated rings. The Kier molecular flexibility index (Phi) is 9.93. The molecule has 1 aromatic carbocycles. The number of likely N-dealkylation sites (tertiary alicyclic amines) is 1. The topological polar surface area (TPSA) is 57.2 Å². The molecular formula is C19H31IN4O2. The molecule has 1 aliphatic heterocycles. The van der Waals surface area contributed by atoms with Crippen molar-refractivity contribution < 1.29 is 9.53 Å². The van der Waals surface area contributed by atoms with Gasteiger partial charge in [0.25, 0.3) is 0 Å². The molecule has 1 heterocycles. The van der Waals surface area contributed by atoms with Crippen molar-refractivity contribution in [3.63, 3.8) is 0 Å². The number of hydrogen-bond donors (Lipinski definition) is 1. The first-order valence-electron chi connectivity index (χ1n) is 8.81. The third kappa shape index (κ3) is 6.42. The van der Waals surface area contributed by atoms with Crippen LogP contribution in [0, 0.1) is 11.8 Å². The summed E-state index contributed by atoms with van der Waals surface area (Å²) in [6, 6.07) is 10.4.